The molecule has 0 bridgehead atoms. The molecule has 2 aromatic rings. The van der Waals surface area contributed by atoms with Gasteiger partial charge in [0.15, 0.2) is 12.4 Å². The van der Waals surface area contributed by atoms with Crippen LogP contribution in [0.25, 0.3) is 0 Å². The van der Waals surface area contributed by atoms with Gasteiger partial charge in [-0.25, -0.2) is 4.79 Å². The van der Waals surface area contributed by atoms with Crippen molar-refractivity contribution in [2.75, 3.05) is 11.9 Å². The number of anilines is 1. The molecule has 0 spiro atoms. The summed E-state index contributed by atoms with van der Waals surface area (Å²) >= 11 is 1.20. The first-order valence-electron chi connectivity index (χ1n) is 9.39. The fourth-order valence-corrected chi connectivity index (χ4v) is 3.31. The number of hydrogen-bond acceptors (Lipinski definition) is 6. The summed E-state index contributed by atoms with van der Waals surface area (Å²) in [6, 6.07) is 15.5. The first kappa shape index (κ1) is 23.2. The smallest absolute Gasteiger partial charge is 0.339 e. The van der Waals surface area contributed by atoms with Gasteiger partial charge in [0.25, 0.3) is 0 Å². The van der Waals surface area contributed by atoms with Crippen LogP contribution in [0.2, 0.25) is 0 Å². The van der Waals surface area contributed by atoms with Crippen LogP contribution in [0.3, 0.4) is 0 Å². The monoisotopic (exact) mass is 424 g/mol. The molecule has 1 N–H and O–H groups in total. The molecule has 0 aliphatic rings. The quantitative estimate of drug-likeness (QED) is 0.521. The number of benzene rings is 2. The highest BCUT2D eigenvalue weighted by Gasteiger charge is 2.24. The number of Topliss-reactive ketones (excluding diaryl/α,β-unsaturated/α-hetero) is 1. The first-order valence-corrected chi connectivity index (χ1v) is 10.3. The van der Waals surface area contributed by atoms with E-state index in [0.717, 1.165) is 0 Å². The van der Waals surface area contributed by atoms with Crippen LogP contribution < -0.4 is 5.32 Å². The van der Waals surface area contributed by atoms with Crippen LogP contribution in [0.5, 0.6) is 0 Å². The van der Waals surface area contributed by atoms with Crippen LogP contribution in [-0.2, 0) is 14.3 Å². The van der Waals surface area contributed by atoms with Gasteiger partial charge in [0.2, 0.25) is 5.91 Å². The van der Waals surface area contributed by atoms with Gasteiger partial charge in [-0.05, 0) is 31.2 Å². The van der Waals surface area contributed by atoms with Gasteiger partial charge < -0.3 is 10.1 Å². The lowest BCUT2D eigenvalue weighted by atomic mass is 9.91. The predicted octanol–water partition coefficient (Wildman–Crippen LogP) is 4.45. The minimum Gasteiger partial charge on any atom is -0.454 e. The molecule has 0 saturated carbocycles. The van der Waals surface area contributed by atoms with Crippen LogP contribution >= 0.6 is 11.8 Å². The van der Waals surface area contributed by atoms with E-state index in [4.69, 9.17) is 10.00 Å². The van der Waals surface area contributed by atoms with Crippen LogP contribution in [-0.4, -0.2) is 29.5 Å². The average Bonchev–Trinajstić information content (AvgIpc) is 2.71. The molecule has 2 rings (SSSR count). The first-order chi connectivity index (χ1) is 14.1. The van der Waals surface area contributed by atoms with Gasteiger partial charge in [-0.1, -0.05) is 45.0 Å². The zero-order valence-electron chi connectivity index (χ0n) is 17.4. The number of ether oxygens (including phenoxy) is 1. The van der Waals surface area contributed by atoms with Gasteiger partial charge in [-0.2, -0.15) is 5.26 Å². The van der Waals surface area contributed by atoms with Gasteiger partial charge in [0.1, 0.15) is 6.07 Å². The van der Waals surface area contributed by atoms with E-state index in [9.17, 15) is 14.4 Å². The second-order valence-corrected chi connectivity index (χ2v) is 9.03. The maximum Gasteiger partial charge on any atom is 0.339 e. The molecular weight excluding hydrogens is 400 g/mol. The van der Waals surface area contributed by atoms with Crippen molar-refractivity contribution in [3.05, 3.63) is 59.7 Å². The van der Waals surface area contributed by atoms with E-state index in [1.165, 1.54) is 11.8 Å². The summed E-state index contributed by atoms with van der Waals surface area (Å²) in [6.07, 6.45) is 0. The van der Waals surface area contributed by atoms with Gasteiger partial charge in [0, 0.05) is 10.3 Å². The number of carbonyl (C=O) groups excluding carboxylic acids is 3. The van der Waals surface area contributed by atoms with E-state index >= 15 is 0 Å². The normalized spacial score (nSPS) is 11.8. The van der Waals surface area contributed by atoms with E-state index in [-0.39, 0.29) is 18.3 Å². The van der Waals surface area contributed by atoms with Crippen molar-refractivity contribution in [3.8, 4) is 6.07 Å². The number of nitrogens with zero attached hydrogens (tertiary/aromatic N) is 1. The highest BCUT2D eigenvalue weighted by molar-refractivity contribution is 8.00. The Hall–Kier alpha value is -3.11. The molecule has 0 aliphatic carbocycles. The van der Waals surface area contributed by atoms with E-state index in [0.29, 0.717) is 21.7 Å². The number of para-hydroxylation sites is 1. The maximum atomic E-state index is 12.6. The average molecular weight is 425 g/mol. The number of amides is 1. The van der Waals surface area contributed by atoms with Crippen molar-refractivity contribution >= 4 is 35.1 Å². The van der Waals surface area contributed by atoms with Gasteiger partial charge in [-0.3, -0.25) is 9.59 Å². The largest absolute Gasteiger partial charge is 0.454 e. The lowest BCUT2D eigenvalue weighted by molar-refractivity contribution is -0.129. The second kappa shape index (κ2) is 10.1. The molecule has 156 valence electrons. The Morgan fingerprint density at radius 2 is 1.73 bits per heavy atom. The van der Waals surface area contributed by atoms with Gasteiger partial charge >= 0.3 is 5.97 Å². The highest BCUT2D eigenvalue weighted by Crippen LogP contribution is 2.28. The van der Waals surface area contributed by atoms with Crippen molar-refractivity contribution in [1.29, 1.82) is 5.26 Å². The molecule has 2 aromatic carbocycles. The number of nitriles is 1. The summed E-state index contributed by atoms with van der Waals surface area (Å²) in [5, 5.41) is 11.4. The minimum absolute atomic E-state index is 0.176. The van der Waals surface area contributed by atoms with Crippen molar-refractivity contribution in [2.24, 2.45) is 5.41 Å². The molecule has 30 heavy (non-hydrogen) atoms. The number of thioether (sulfide) groups is 1. The predicted molar refractivity (Wildman–Crippen MR) is 116 cm³/mol. The Morgan fingerprint density at radius 3 is 2.40 bits per heavy atom. The number of nitrogens with one attached hydrogen (secondary N) is 1. The van der Waals surface area contributed by atoms with Crippen LogP contribution in [0.4, 0.5) is 5.69 Å². The fraction of sp³-hybridized carbons (Fsp3) is 0.304. The third kappa shape index (κ3) is 6.19. The molecule has 0 aliphatic heterocycles. The minimum atomic E-state index is -0.613. The van der Waals surface area contributed by atoms with Crippen molar-refractivity contribution in [3.63, 3.8) is 0 Å². The number of carbonyl (C=O) groups is 3. The highest BCUT2D eigenvalue weighted by atomic mass is 32.2. The molecule has 0 unspecified atom stereocenters. The van der Waals surface area contributed by atoms with E-state index < -0.39 is 16.6 Å². The Labute approximate surface area is 180 Å². The van der Waals surface area contributed by atoms with E-state index in [2.05, 4.69) is 5.32 Å². The number of esters is 1. The van der Waals surface area contributed by atoms with E-state index in [1.807, 2.05) is 6.07 Å². The topological polar surface area (TPSA) is 96.3 Å². The molecule has 0 fully saturated rings. The number of ketones is 1. The lowest BCUT2D eigenvalue weighted by Crippen LogP contribution is -2.26. The molecule has 0 aromatic heterocycles. The third-order valence-corrected chi connectivity index (χ3v) is 5.43. The number of rotatable bonds is 7. The fourth-order valence-electron chi connectivity index (χ4n) is 2.33. The summed E-state index contributed by atoms with van der Waals surface area (Å²) in [7, 11) is 0. The molecule has 0 saturated heterocycles. The Bertz CT molecular complexity index is 989. The van der Waals surface area contributed by atoms with Crippen LogP contribution in [0, 0.1) is 16.7 Å². The molecule has 1 atom stereocenters. The second-order valence-electron chi connectivity index (χ2n) is 7.65. The van der Waals surface area contributed by atoms with Gasteiger partial charge in [0.05, 0.1) is 22.1 Å². The molecule has 0 radical (unpaired) electrons. The Kier molecular flexibility index (Phi) is 7.79. The summed E-state index contributed by atoms with van der Waals surface area (Å²) in [5.41, 5.74) is 0.503. The van der Waals surface area contributed by atoms with Crippen molar-refractivity contribution < 1.29 is 19.1 Å². The zero-order valence-corrected chi connectivity index (χ0v) is 18.2. The molecular formula is C23H24N2O4S. The Morgan fingerprint density at radius 1 is 1.10 bits per heavy atom. The van der Waals surface area contributed by atoms with Gasteiger partial charge in [-0.15, -0.1) is 11.8 Å². The maximum absolute atomic E-state index is 12.6. The van der Waals surface area contributed by atoms with Crippen LogP contribution in [0.1, 0.15) is 43.6 Å². The lowest BCUT2D eigenvalue weighted by Gasteiger charge is -2.17. The summed E-state index contributed by atoms with van der Waals surface area (Å²) in [5.74, 6) is -1.09. The summed E-state index contributed by atoms with van der Waals surface area (Å²) < 4.78 is 5.19. The molecule has 1 amide bonds. The SMILES string of the molecule is C[C@@H](Sc1ccccc1C(=O)OCC(=O)C(C)(C)C)C(=O)Nc1ccccc1C#N. The summed E-state index contributed by atoms with van der Waals surface area (Å²) in [4.78, 5) is 37.7. The van der Waals surface area contributed by atoms with Crippen molar-refractivity contribution in [2.45, 2.75) is 37.8 Å². The number of hydrogen-bond donors (Lipinski definition) is 1. The third-order valence-electron chi connectivity index (χ3n) is 4.26. The molecule has 6 nitrogen and oxygen atoms in total. The van der Waals surface area contributed by atoms with Crippen molar-refractivity contribution in [1.82, 2.24) is 0 Å². The Balaban J connectivity index is 2.08. The standard InChI is InChI=1S/C23H24N2O4S/c1-15(21(27)25-18-11-7-5-9-16(18)13-24)30-19-12-8-6-10-17(19)22(28)29-14-20(26)23(2,3)4/h5-12,15H,14H2,1-4H3,(H,25,27)/t15-/m1/s1. The molecule has 0 heterocycles. The van der Waals surface area contributed by atoms with Crippen LogP contribution in [0.15, 0.2) is 53.4 Å². The summed E-state index contributed by atoms with van der Waals surface area (Å²) in [6.45, 7) is 6.69. The van der Waals surface area contributed by atoms with E-state index in [1.54, 1.807) is 76.2 Å². The zero-order chi connectivity index (χ0) is 22.3. The molecule has 7 heteroatoms.